The third-order valence-electron chi connectivity index (χ3n) is 3.29. The van der Waals surface area contributed by atoms with Gasteiger partial charge in [-0.15, -0.1) is 0 Å². The van der Waals surface area contributed by atoms with E-state index in [1.807, 2.05) is 31.2 Å². The zero-order valence-electron chi connectivity index (χ0n) is 11.9. The molecule has 0 bridgehead atoms. The van der Waals surface area contributed by atoms with E-state index < -0.39 is 17.4 Å². The average molecular weight is 342 g/mol. The van der Waals surface area contributed by atoms with Crippen LogP contribution in [0.25, 0.3) is 0 Å². The van der Waals surface area contributed by atoms with Gasteiger partial charge < -0.3 is 10.4 Å². The molecular formula is C15H20BrNO3. The molecule has 0 aliphatic heterocycles. The first-order valence-electron chi connectivity index (χ1n) is 6.58. The lowest BCUT2D eigenvalue weighted by atomic mass is 9.83. The Hall–Kier alpha value is -1.36. The van der Waals surface area contributed by atoms with Crippen molar-refractivity contribution in [1.29, 1.82) is 0 Å². The number of halogens is 1. The highest BCUT2D eigenvalue weighted by Crippen LogP contribution is 2.26. The van der Waals surface area contributed by atoms with Crippen LogP contribution in [0.1, 0.15) is 39.2 Å². The van der Waals surface area contributed by atoms with Gasteiger partial charge in [-0.3, -0.25) is 4.79 Å². The Labute approximate surface area is 127 Å². The van der Waals surface area contributed by atoms with Crippen LogP contribution in [0.4, 0.5) is 0 Å². The average Bonchev–Trinajstić information content (AvgIpc) is 2.37. The van der Waals surface area contributed by atoms with Crippen LogP contribution in [0.3, 0.4) is 0 Å². The normalized spacial score (nSPS) is 12.8. The lowest BCUT2D eigenvalue weighted by molar-refractivity contribution is -0.142. The maximum absolute atomic E-state index is 12.4. The maximum Gasteiger partial charge on any atom is 0.326 e. The molecule has 1 aromatic carbocycles. The molecule has 1 aromatic rings. The van der Waals surface area contributed by atoms with Crippen LogP contribution in [0.2, 0.25) is 0 Å². The van der Waals surface area contributed by atoms with Crippen LogP contribution >= 0.6 is 15.9 Å². The summed E-state index contributed by atoms with van der Waals surface area (Å²) in [5.41, 5.74) is 0.0515. The zero-order valence-corrected chi connectivity index (χ0v) is 13.5. The summed E-state index contributed by atoms with van der Waals surface area (Å²) in [5.74, 6) is -1.28. The van der Waals surface area contributed by atoms with Crippen LogP contribution in [0.15, 0.2) is 28.7 Å². The minimum Gasteiger partial charge on any atom is -0.480 e. The summed E-state index contributed by atoms with van der Waals surface area (Å²) in [5, 5.41) is 11.7. The van der Waals surface area contributed by atoms with E-state index in [1.54, 1.807) is 13.8 Å². The summed E-state index contributed by atoms with van der Waals surface area (Å²) in [6, 6.07) is 6.64. The molecule has 0 radical (unpaired) electrons. The van der Waals surface area contributed by atoms with Crippen molar-refractivity contribution in [2.45, 2.75) is 45.1 Å². The van der Waals surface area contributed by atoms with Crippen LogP contribution in [0.5, 0.6) is 0 Å². The summed E-state index contributed by atoms with van der Waals surface area (Å²) in [7, 11) is 0. The van der Waals surface area contributed by atoms with Crippen LogP contribution in [-0.2, 0) is 15.0 Å². The predicted octanol–water partition coefficient (Wildman–Crippen LogP) is 3.10. The van der Waals surface area contributed by atoms with Gasteiger partial charge in [-0.2, -0.15) is 0 Å². The SMILES string of the molecule is CCCC(NC(=O)C(C)(C)c1cccc(Br)c1)C(=O)O. The van der Waals surface area contributed by atoms with E-state index in [9.17, 15) is 9.59 Å². The number of nitrogens with one attached hydrogen (secondary N) is 1. The van der Waals surface area contributed by atoms with Crippen molar-refractivity contribution >= 4 is 27.8 Å². The van der Waals surface area contributed by atoms with E-state index in [0.29, 0.717) is 12.8 Å². The number of hydrogen-bond acceptors (Lipinski definition) is 2. The number of hydrogen-bond donors (Lipinski definition) is 2. The Morgan fingerprint density at radius 1 is 1.40 bits per heavy atom. The minimum absolute atomic E-state index is 0.281. The molecule has 0 aromatic heterocycles. The highest BCUT2D eigenvalue weighted by Gasteiger charge is 2.32. The van der Waals surface area contributed by atoms with Crippen molar-refractivity contribution in [3.8, 4) is 0 Å². The van der Waals surface area contributed by atoms with Gasteiger partial charge in [0, 0.05) is 4.47 Å². The lowest BCUT2D eigenvalue weighted by Gasteiger charge is -2.26. The molecule has 2 N–H and O–H groups in total. The number of benzene rings is 1. The third-order valence-corrected chi connectivity index (χ3v) is 3.79. The Bertz CT molecular complexity index is 500. The standard InChI is InChI=1S/C15H20BrNO3/c1-4-6-12(13(18)19)17-14(20)15(2,3)10-7-5-8-11(16)9-10/h5,7-9,12H,4,6H2,1-3H3,(H,17,20)(H,18,19). The van der Waals surface area contributed by atoms with Gasteiger partial charge in [0.05, 0.1) is 5.41 Å². The minimum atomic E-state index is -0.995. The van der Waals surface area contributed by atoms with Crippen LogP contribution in [-0.4, -0.2) is 23.0 Å². The Morgan fingerprint density at radius 2 is 2.05 bits per heavy atom. The largest absolute Gasteiger partial charge is 0.480 e. The quantitative estimate of drug-likeness (QED) is 0.835. The van der Waals surface area contributed by atoms with Crippen LogP contribution < -0.4 is 5.32 Å². The first kappa shape index (κ1) is 16.7. The van der Waals surface area contributed by atoms with Gasteiger partial charge in [0.1, 0.15) is 6.04 Å². The lowest BCUT2D eigenvalue weighted by Crippen LogP contribution is -2.48. The number of carbonyl (C=O) groups is 2. The van der Waals surface area contributed by atoms with Gasteiger partial charge in [0.2, 0.25) is 5.91 Å². The van der Waals surface area contributed by atoms with Crippen molar-refractivity contribution in [2.75, 3.05) is 0 Å². The van der Waals surface area contributed by atoms with Gasteiger partial charge >= 0.3 is 5.97 Å². The topological polar surface area (TPSA) is 66.4 Å². The second-order valence-corrected chi connectivity index (χ2v) is 6.20. The number of amides is 1. The molecule has 0 heterocycles. The fourth-order valence-electron chi connectivity index (χ4n) is 1.89. The van der Waals surface area contributed by atoms with Crippen molar-refractivity contribution in [2.24, 2.45) is 0 Å². The molecular weight excluding hydrogens is 322 g/mol. The van der Waals surface area contributed by atoms with Gasteiger partial charge in [-0.05, 0) is 38.0 Å². The van der Waals surface area contributed by atoms with Gasteiger partial charge in [0.15, 0.2) is 0 Å². The molecule has 1 rings (SSSR count). The molecule has 110 valence electrons. The molecule has 0 saturated carbocycles. The Balaban J connectivity index is 2.91. The first-order chi connectivity index (χ1) is 9.28. The second kappa shape index (κ2) is 6.88. The van der Waals surface area contributed by atoms with E-state index in [4.69, 9.17) is 5.11 Å². The summed E-state index contributed by atoms with van der Waals surface area (Å²) in [6.45, 7) is 5.46. The molecule has 1 amide bonds. The van der Waals surface area contributed by atoms with E-state index in [1.165, 1.54) is 0 Å². The number of carbonyl (C=O) groups excluding carboxylic acids is 1. The van der Waals surface area contributed by atoms with E-state index in [-0.39, 0.29) is 5.91 Å². The predicted molar refractivity (Wildman–Crippen MR) is 81.6 cm³/mol. The fourth-order valence-corrected chi connectivity index (χ4v) is 2.29. The highest BCUT2D eigenvalue weighted by molar-refractivity contribution is 9.10. The number of aliphatic carboxylic acids is 1. The number of carboxylic acids is 1. The molecule has 4 nitrogen and oxygen atoms in total. The fraction of sp³-hybridized carbons (Fsp3) is 0.467. The van der Waals surface area contributed by atoms with Gasteiger partial charge in [0.25, 0.3) is 0 Å². The van der Waals surface area contributed by atoms with Gasteiger partial charge in [-0.25, -0.2) is 4.79 Å². The first-order valence-corrected chi connectivity index (χ1v) is 7.38. The molecule has 0 saturated heterocycles. The van der Waals surface area contributed by atoms with E-state index in [2.05, 4.69) is 21.2 Å². The van der Waals surface area contributed by atoms with E-state index >= 15 is 0 Å². The molecule has 20 heavy (non-hydrogen) atoms. The van der Waals surface area contributed by atoms with E-state index in [0.717, 1.165) is 10.0 Å². The highest BCUT2D eigenvalue weighted by atomic mass is 79.9. The summed E-state index contributed by atoms with van der Waals surface area (Å²) in [6.07, 6.45) is 1.13. The Kier molecular flexibility index (Phi) is 5.74. The molecule has 0 fully saturated rings. The van der Waals surface area contributed by atoms with Crippen molar-refractivity contribution in [3.63, 3.8) is 0 Å². The van der Waals surface area contributed by atoms with Crippen molar-refractivity contribution in [1.82, 2.24) is 5.32 Å². The summed E-state index contributed by atoms with van der Waals surface area (Å²) < 4.78 is 0.888. The smallest absolute Gasteiger partial charge is 0.326 e. The van der Waals surface area contributed by atoms with Crippen LogP contribution in [0, 0.1) is 0 Å². The molecule has 0 aliphatic rings. The molecule has 1 atom stereocenters. The van der Waals surface area contributed by atoms with Gasteiger partial charge in [-0.1, -0.05) is 41.4 Å². The second-order valence-electron chi connectivity index (χ2n) is 5.29. The summed E-state index contributed by atoms with van der Waals surface area (Å²) >= 11 is 3.38. The number of carboxylic acid groups (broad SMARTS) is 1. The summed E-state index contributed by atoms with van der Waals surface area (Å²) in [4.78, 5) is 23.5. The third kappa shape index (κ3) is 4.07. The monoisotopic (exact) mass is 341 g/mol. The molecule has 0 aliphatic carbocycles. The number of rotatable bonds is 6. The zero-order chi connectivity index (χ0) is 15.3. The Morgan fingerprint density at radius 3 is 2.55 bits per heavy atom. The molecule has 0 spiro atoms. The maximum atomic E-state index is 12.4. The molecule has 5 heteroatoms. The van der Waals surface area contributed by atoms with Crippen molar-refractivity contribution < 1.29 is 14.7 Å². The molecule has 1 unspecified atom stereocenters. The van der Waals surface area contributed by atoms with Crippen molar-refractivity contribution in [3.05, 3.63) is 34.3 Å².